The summed E-state index contributed by atoms with van der Waals surface area (Å²) < 4.78 is 19.0. The number of amides is 1. The molecule has 2 rings (SSSR count). The molecular weight excluding hydrogens is 285 g/mol. The summed E-state index contributed by atoms with van der Waals surface area (Å²) in [6.07, 6.45) is -0.321. The van der Waals surface area contributed by atoms with Crippen LogP contribution in [0.5, 0.6) is 0 Å². The van der Waals surface area contributed by atoms with Crippen molar-refractivity contribution in [1.29, 1.82) is 5.26 Å². The Labute approximate surface area is 129 Å². The van der Waals surface area contributed by atoms with Crippen molar-refractivity contribution in [2.24, 2.45) is 0 Å². The van der Waals surface area contributed by atoms with Gasteiger partial charge in [-0.2, -0.15) is 5.26 Å². The van der Waals surface area contributed by atoms with E-state index in [-0.39, 0.29) is 11.7 Å². The number of carbonyl (C=O) groups excluding carboxylic acids is 1. The van der Waals surface area contributed by atoms with E-state index in [4.69, 9.17) is 10.00 Å². The molecule has 1 saturated heterocycles. The first-order valence-corrected chi connectivity index (χ1v) is 7.23. The van der Waals surface area contributed by atoms with Crippen LogP contribution in [0.15, 0.2) is 18.2 Å². The Morgan fingerprint density at radius 1 is 1.27 bits per heavy atom. The topological polar surface area (TPSA) is 56.6 Å². The average molecular weight is 305 g/mol. The van der Waals surface area contributed by atoms with Gasteiger partial charge in [-0.25, -0.2) is 9.18 Å². The minimum absolute atomic E-state index is 0.0381. The Morgan fingerprint density at radius 2 is 1.91 bits per heavy atom. The van der Waals surface area contributed by atoms with E-state index >= 15 is 0 Å². The summed E-state index contributed by atoms with van der Waals surface area (Å²) in [6.45, 7) is 7.75. The first-order chi connectivity index (χ1) is 10.3. The maximum atomic E-state index is 13.7. The highest BCUT2D eigenvalue weighted by Crippen LogP contribution is 2.20. The van der Waals surface area contributed by atoms with Crippen LogP contribution in [-0.4, -0.2) is 42.8 Å². The molecule has 0 spiro atoms. The van der Waals surface area contributed by atoms with Crippen LogP contribution in [0.4, 0.5) is 14.9 Å². The number of piperazine rings is 1. The van der Waals surface area contributed by atoms with Gasteiger partial charge in [-0.3, -0.25) is 0 Å². The second-order valence-electron chi connectivity index (χ2n) is 6.23. The standard InChI is InChI=1S/C16H20FN3O2/c1-16(2,3)22-15(21)20-8-6-19(7-9-20)13-5-4-12(11-18)14(17)10-13/h4-5,10H,6-9H2,1-3H3. The molecule has 5 nitrogen and oxygen atoms in total. The van der Waals surface area contributed by atoms with Crippen LogP contribution < -0.4 is 4.90 Å². The minimum Gasteiger partial charge on any atom is -0.444 e. The largest absolute Gasteiger partial charge is 0.444 e. The molecule has 0 saturated carbocycles. The molecule has 1 aliphatic heterocycles. The SMILES string of the molecule is CC(C)(C)OC(=O)N1CCN(c2ccc(C#N)c(F)c2)CC1. The molecule has 0 atom stereocenters. The molecule has 0 bridgehead atoms. The van der Waals surface area contributed by atoms with Crippen LogP contribution in [0, 0.1) is 17.1 Å². The fourth-order valence-electron chi connectivity index (χ4n) is 2.27. The normalized spacial score (nSPS) is 15.4. The van der Waals surface area contributed by atoms with E-state index in [1.165, 1.54) is 12.1 Å². The van der Waals surface area contributed by atoms with E-state index in [0.717, 1.165) is 5.69 Å². The smallest absolute Gasteiger partial charge is 0.410 e. The van der Waals surface area contributed by atoms with Crippen molar-refractivity contribution < 1.29 is 13.9 Å². The summed E-state index contributed by atoms with van der Waals surface area (Å²) in [4.78, 5) is 15.6. The molecule has 1 amide bonds. The highest BCUT2D eigenvalue weighted by Gasteiger charge is 2.26. The van der Waals surface area contributed by atoms with Gasteiger partial charge in [-0.05, 0) is 39.0 Å². The van der Waals surface area contributed by atoms with E-state index in [1.54, 1.807) is 17.0 Å². The molecule has 1 heterocycles. The van der Waals surface area contributed by atoms with Crippen LogP contribution in [0.2, 0.25) is 0 Å². The van der Waals surface area contributed by atoms with Gasteiger partial charge in [0.25, 0.3) is 0 Å². The second-order valence-corrected chi connectivity index (χ2v) is 6.23. The number of halogens is 1. The first kappa shape index (κ1) is 16.1. The van der Waals surface area contributed by atoms with Gasteiger partial charge in [0.2, 0.25) is 0 Å². The monoisotopic (exact) mass is 305 g/mol. The molecule has 0 aromatic heterocycles. The summed E-state index contributed by atoms with van der Waals surface area (Å²) in [6, 6.07) is 6.37. The Bertz CT molecular complexity index is 596. The van der Waals surface area contributed by atoms with E-state index in [9.17, 15) is 9.18 Å². The van der Waals surface area contributed by atoms with Gasteiger partial charge >= 0.3 is 6.09 Å². The lowest BCUT2D eigenvalue weighted by molar-refractivity contribution is 0.0240. The Balaban J connectivity index is 1.96. The van der Waals surface area contributed by atoms with Crippen molar-refractivity contribution in [3.63, 3.8) is 0 Å². The van der Waals surface area contributed by atoms with Crippen molar-refractivity contribution in [2.75, 3.05) is 31.1 Å². The lowest BCUT2D eigenvalue weighted by Gasteiger charge is -2.36. The van der Waals surface area contributed by atoms with Crippen LogP contribution >= 0.6 is 0 Å². The van der Waals surface area contributed by atoms with Gasteiger partial charge in [-0.1, -0.05) is 0 Å². The van der Waals surface area contributed by atoms with E-state index in [2.05, 4.69) is 0 Å². The maximum Gasteiger partial charge on any atom is 0.410 e. The molecule has 22 heavy (non-hydrogen) atoms. The van der Waals surface area contributed by atoms with Crippen molar-refractivity contribution in [1.82, 2.24) is 4.90 Å². The van der Waals surface area contributed by atoms with E-state index < -0.39 is 11.4 Å². The molecule has 1 aliphatic rings. The molecule has 1 aromatic carbocycles. The number of carbonyl (C=O) groups is 1. The number of ether oxygens (including phenoxy) is 1. The Hall–Kier alpha value is -2.29. The third kappa shape index (κ3) is 3.88. The van der Waals surface area contributed by atoms with Crippen molar-refractivity contribution in [2.45, 2.75) is 26.4 Å². The van der Waals surface area contributed by atoms with Crippen molar-refractivity contribution in [3.8, 4) is 6.07 Å². The van der Waals surface area contributed by atoms with E-state index in [1.807, 2.05) is 25.7 Å². The fourth-order valence-corrected chi connectivity index (χ4v) is 2.27. The predicted octanol–water partition coefficient (Wildman–Crippen LogP) is 2.75. The second kappa shape index (κ2) is 6.22. The molecule has 1 aromatic rings. The van der Waals surface area contributed by atoms with Gasteiger partial charge in [0.1, 0.15) is 17.5 Å². The predicted molar refractivity (Wildman–Crippen MR) is 81.1 cm³/mol. The number of hydrogen-bond donors (Lipinski definition) is 0. The minimum atomic E-state index is -0.519. The Kier molecular flexibility index (Phi) is 4.55. The molecule has 0 radical (unpaired) electrons. The van der Waals surface area contributed by atoms with Crippen LogP contribution in [-0.2, 0) is 4.74 Å². The van der Waals surface area contributed by atoms with Crippen LogP contribution in [0.1, 0.15) is 26.3 Å². The Morgan fingerprint density at radius 3 is 2.41 bits per heavy atom. The molecular formula is C16H20FN3O2. The van der Waals surface area contributed by atoms with Gasteiger partial charge in [0.05, 0.1) is 5.56 Å². The number of anilines is 1. The van der Waals surface area contributed by atoms with Crippen LogP contribution in [0.25, 0.3) is 0 Å². The molecule has 118 valence electrons. The van der Waals surface area contributed by atoms with Crippen LogP contribution in [0.3, 0.4) is 0 Å². The van der Waals surface area contributed by atoms with Gasteiger partial charge in [0, 0.05) is 31.9 Å². The number of rotatable bonds is 1. The molecule has 0 unspecified atom stereocenters. The summed E-state index contributed by atoms with van der Waals surface area (Å²) >= 11 is 0. The molecule has 1 fully saturated rings. The number of nitrogens with zero attached hydrogens (tertiary/aromatic N) is 3. The summed E-state index contributed by atoms with van der Waals surface area (Å²) in [7, 11) is 0. The number of hydrogen-bond acceptors (Lipinski definition) is 4. The third-order valence-electron chi connectivity index (χ3n) is 3.37. The quantitative estimate of drug-likeness (QED) is 0.800. The van der Waals surface area contributed by atoms with Crippen molar-refractivity contribution in [3.05, 3.63) is 29.6 Å². The van der Waals surface area contributed by atoms with Gasteiger partial charge in [0.15, 0.2) is 0 Å². The average Bonchev–Trinajstić information content (AvgIpc) is 2.45. The van der Waals surface area contributed by atoms with Gasteiger partial charge < -0.3 is 14.5 Å². The zero-order valence-electron chi connectivity index (χ0n) is 13.1. The lowest BCUT2D eigenvalue weighted by atomic mass is 10.2. The third-order valence-corrected chi connectivity index (χ3v) is 3.37. The maximum absolute atomic E-state index is 13.7. The zero-order chi connectivity index (χ0) is 16.3. The summed E-state index contributed by atoms with van der Waals surface area (Å²) in [5.74, 6) is -0.519. The van der Waals surface area contributed by atoms with E-state index in [0.29, 0.717) is 26.2 Å². The first-order valence-electron chi connectivity index (χ1n) is 7.23. The summed E-state index contributed by atoms with van der Waals surface area (Å²) in [5.41, 5.74) is 0.251. The highest BCUT2D eigenvalue weighted by molar-refractivity contribution is 5.68. The van der Waals surface area contributed by atoms with Crippen molar-refractivity contribution >= 4 is 11.8 Å². The fraction of sp³-hybridized carbons (Fsp3) is 0.500. The number of benzene rings is 1. The highest BCUT2D eigenvalue weighted by atomic mass is 19.1. The molecule has 0 aliphatic carbocycles. The molecule has 6 heteroatoms. The number of nitriles is 1. The van der Waals surface area contributed by atoms with Gasteiger partial charge in [-0.15, -0.1) is 0 Å². The molecule has 0 N–H and O–H groups in total. The zero-order valence-corrected chi connectivity index (χ0v) is 13.1. The lowest BCUT2D eigenvalue weighted by Crippen LogP contribution is -2.50. The summed E-state index contributed by atoms with van der Waals surface area (Å²) in [5, 5.41) is 8.75.